The Morgan fingerprint density at radius 3 is 2.36 bits per heavy atom. The Morgan fingerprint density at radius 1 is 1.02 bits per heavy atom. The van der Waals surface area contributed by atoms with Crippen molar-refractivity contribution >= 4 is 17.7 Å². The van der Waals surface area contributed by atoms with Gasteiger partial charge in [-0.05, 0) is 99.8 Å². The van der Waals surface area contributed by atoms with Gasteiger partial charge in [0.05, 0.1) is 20.3 Å². The Kier molecular flexibility index (Phi) is 13.2. The van der Waals surface area contributed by atoms with Crippen LogP contribution in [0.4, 0.5) is 0 Å². The Balaban J connectivity index is 1.32. The van der Waals surface area contributed by atoms with Crippen LogP contribution in [0, 0.1) is 35.0 Å². The first kappa shape index (κ1) is 42.1. The molecule has 3 unspecified atom stereocenters. The van der Waals surface area contributed by atoms with Gasteiger partial charge in [-0.15, -0.1) is 0 Å². The zero-order chi connectivity index (χ0) is 40.5. The van der Waals surface area contributed by atoms with Crippen LogP contribution in [-0.2, 0) is 32.2 Å². The second kappa shape index (κ2) is 17.5. The number of para-hydroxylation sites is 1. The van der Waals surface area contributed by atoms with E-state index in [1.165, 1.54) is 6.42 Å². The molecule has 5 aliphatic rings. The lowest BCUT2D eigenvalue weighted by molar-refractivity contribution is -0.183. The number of aliphatic hydroxyl groups excluding tert-OH is 1. The number of benzene rings is 2. The van der Waals surface area contributed by atoms with Crippen molar-refractivity contribution in [3.05, 3.63) is 65.2 Å². The number of carbonyl (C=O) groups excluding carboxylic acids is 3. The fourth-order valence-corrected chi connectivity index (χ4v) is 11.1. The summed E-state index contributed by atoms with van der Waals surface area (Å²) in [5.41, 5.74) is 3.29. The number of methoxy groups -OCH3 is 1. The van der Waals surface area contributed by atoms with Gasteiger partial charge in [0.25, 0.3) is 0 Å². The van der Waals surface area contributed by atoms with Crippen molar-refractivity contribution in [2.75, 3.05) is 41.4 Å². The lowest BCUT2D eigenvalue weighted by Crippen LogP contribution is -2.63. The monoisotopic (exact) mass is 774 g/mol. The van der Waals surface area contributed by atoms with Crippen LogP contribution in [0.5, 0.6) is 5.75 Å². The van der Waals surface area contributed by atoms with Crippen molar-refractivity contribution in [2.45, 2.75) is 116 Å². The third-order valence-corrected chi connectivity index (χ3v) is 14.6. The standard InChI is InChI=1S/C45H67N5O6/c1-27-37-23-34(45(37,4)5)24-38(27)47-44(54)41-40(28(2)49(29(3)52)19-18-30-14-11-10-12-15-30)39(26-51)56-50(41)25-31-16-13-17-36(42(31)55-9)32-20-33(43(53)46-6)22-35(21-32)48(7)8/h10-17,27-28,32-35,37-41,51H,18-26H2,1-9H3,(H,46,53)(H,47,54)/t27-,28-,32?,33?,34+,35?,37-,38-,39-,40-,41-/m0/s1. The molecule has 1 heterocycles. The van der Waals surface area contributed by atoms with Crippen molar-refractivity contribution in [2.24, 2.45) is 35.0 Å². The fraction of sp³-hybridized carbons (Fsp3) is 0.667. The molecule has 1 aliphatic heterocycles. The summed E-state index contributed by atoms with van der Waals surface area (Å²) in [6.07, 6.45) is 4.50. The van der Waals surface area contributed by atoms with Gasteiger partial charge in [-0.3, -0.25) is 19.2 Å². The van der Waals surface area contributed by atoms with Crippen molar-refractivity contribution in [1.82, 2.24) is 25.5 Å². The first-order valence-electron chi connectivity index (χ1n) is 20.9. The Morgan fingerprint density at radius 2 is 1.75 bits per heavy atom. The molecule has 5 fully saturated rings. The Hall–Kier alpha value is -3.51. The topological polar surface area (TPSA) is 124 Å². The van der Waals surface area contributed by atoms with Gasteiger partial charge >= 0.3 is 0 Å². The minimum absolute atomic E-state index is 0.0364. The SMILES string of the molecule is CNC(=O)C1CC(c2cccc(CN3O[C@@H](CO)[C@H]([C@H](C)N(CCc4ccccc4)C(C)=O)[C@H]3C(=O)N[C@H]3C[C@H]4C[C@@H]([C@@H]3C)C4(C)C)c2OC)CC(N(C)C)C1. The molecule has 2 bridgehead atoms. The molecular weight excluding hydrogens is 707 g/mol. The number of aliphatic hydroxyl groups is 1. The van der Waals surface area contributed by atoms with Crippen LogP contribution in [-0.4, -0.2) is 109 Å². The van der Waals surface area contributed by atoms with E-state index >= 15 is 0 Å². The maximum absolute atomic E-state index is 14.9. The highest BCUT2D eigenvalue weighted by molar-refractivity contribution is 5.83. The Bertz CT molecular complexity index is 1690. The van der Waals surface area contributed by atoms with Crippen molar-refractivity contribution < 1.29 is 29.1 Å². The predicted octanol–water partition coefficient (Wildman–Crippen LogP) is 5.01. The number of hydrogen-bond donors (Lipinski definition) is 3. The molecule has 3 N–H and O–H groups in total. The number of nitrogens with zero attached hydrogens (tertiary/aromatic N) is 3. The maximum atomic E-state index is 14.9. The van der Waals surface area contributed by atoms with Crippen LogP contribution < -0.4 is 15.4 Å². The summed E-state index contributed by atoms with van der Waals surface area (Å²) in [6, 6.07) is 15.3. The summed E-state index contributed by atoms with van der Waals surface area (Å²) in [5.74, 6) is 1.47. The molecule has 11 atom stereocenters. The average molecular weight is 774 g/mol. The van der Waals surface area contributed by atoms with Gasteiger partial charge in [0.2, 0.25) is 17.7 Å². The lowest BCUT2D eigenvalue weighted by atomic mass is 9.45. The summed E-state index contributed by atoms with van der Waals surface area (Å²) in [6.45, 7) is 11.0. The summed E-state index contributed by atoms with van der Waals surface area (Å²) in [4.78, 5) is 51.9. The fourth-order valence-electron chi connectivity index (χ4n) is 11.1. The lowest BCUT2D eigenvalue weighted by Gasteiger charge is -2.62. The summed E-state index contributed by atoms with van der Waals surface area (Å²) in [7, 11) is 7.51. The normalized spacial score (nSPS) is 31.6. The minimum atomic E-state index is -0.780. The van der Waals surface area contributed by atoms with Gasteiger partial charge in [0, 0.05) is 56.0 Å². The number of fused-ring (bicyclic) bond motifs is 2. The average Bonchev–Trinajstić information content (AvgIpc) is 3.56. The zero-order valence-electron chi connectivity index (χ0n) is 35.2. The molecule has 0 spiro atoms. The van der Waals surface area contributed by atoms with E-state index in [-0.39, 0.29) is 60.2 Å². The molecule has 2 aromatic carbocycles. The number of carbonyl (C=O) groups is 3. The summed E-state index contributed by atoms with van der Waals surface area (Å²) in [5, 5.41) is 19.0. The van der Waals surface area contributed by atoms with Crippen LogP contribution in [0.25, 0.3) is 0 Å². The molecule has 4 saturated carbocycles. The number of hydrogen-bond acceptors (Lipinski definition) is 8. The second-order valence-corrected chi connectivity index (χ2v) is 18.1. The van der Waals surface area contributed by atoms with Gasteiger partial charge in [0.15, 0.2) is 0 Å². The zero-order valence-corrected chi connectivity index (χ0v) is 35.2. The highest BCUT2D eigenvalue weighted by atomic mass is 16.7. The highest BCUT2D eigenvalue weighted by Crippen LogP contribution is 2.61. The van der Waals surface area contributed by atoms with E-state index < -0.39 is 24.1 Å². The van der Waals surface area contributed by atoms with Gasteiger partial charge in [-0.25, -0.2) is 0 Å². The summed E-state index contributed by atoms with van der Waals surface area (Å²) >= 11 is 0. The van der Waals surface area contributed by atoms with Crippen molar-refractivity contribution in [1.29, 1.82) is 0 Å². The maximum Gasteiger partial charge on any atom is 0.240 e. The van der Waals surface area contributed by atoms with E-state index in [1.807, 2.05) is 42.2 Å². The van der Waals surface area contributed by atoms with Crippen LogP contribution in [0.15, 0.2) is 48.5 Å². The van der Waals surface area contributed by atoms with E-state index in [4.69, 9.17) is 9.57 Å². The number of amides is 3. The largest absolute Gasteiger partial charge is 0.496 e. The van der Waals surface area contributed by atoms with E-state index in [9.17, 15) is 19.5 Å². The van der Waals surface area contributed by atoms with E-state index in [2.05, 4.69) is 68.6 Å². The second-order valence-electron chi connectivity index (χ2n) is 18.1. The smallest absolute Gasteiger partial charge is 0.240 e. The van der Waals surface area contributed by atoms with E-state index in [0.29, 0.717) is 37.1 Å². The first-order valence-corrected chi connectivity index (χ1v) is 20.9. The van der Waals surface area contributed by atoms with Gasteiger partial charge in [0.1, 0.15) is 17.9 Å². The summed E-state index contributed by atoms with van der Waals surface area (Å²) < 4.78 is 6.20. The number of hydroxylamine groups is 2. The molecule has 7 rings (SSSR count). The van der Waals surface area contributed by atoms with E-state index in [0.717, 1.165) is 41.7 Å². The van der Waals surface area contributed by atoms with Crippen LogP contribution >= 0.6 is 0 Å². The third kappa shape index (κ3) is 8.38. The van der Waals surface area contributed by atoms with E-state index in [1.54, 1.807) is 26.1 Å². The van der Waals surface area contributed by atoms with Gasteiger partial charge in [-0.1, -0.05) is 69.3 Å². The highest BCUT2D eigenvalue weighted by Gasteiger charge is 2.58. The molecule has 11 nitrogen and oxygen atoms in total. The quantitative estimate of drug-likeness (QED) is 0.245. The molecular formula is C45H67N5O6. The van der Waals surface area contributed by atoms with Gasteiger partial charge in [-0.2, -0.15) is 5.06 Å². The molecule has 11 heteroatoms. The Labute approximate surface area is 334 Å². The van der Waals surface area contributed by atoms with Crippen LogP contribution in [0.1, 0.15) is 89.3 Å². The molecule has 1 saturated heterocycles. The molecule has 3 amide bonds. The molecule has 2 aromatic rings. The number of rotatable bonds is 14. The molecule has 56 heavy (non-hydrogen) atoms. The molecule has 0 aromatic heterocycles. The molecule has 4 aliphatic carbocycles. The minimum Gasteiger partial charge on any atom is -0.496 e. The first-order chi connectivity index (χ1) is 26.7. The van der Waals surface area contributed by atoms with Crippen LogP contribution in [0.3, 0.4) is 0 Å². The molecule has 0 radical (unpaired) electrons. The predicted molar refractivity (Wildman–Crippen MR) is 217 cm³/mol. The van der Waals surface area contributed by atoms with Crippen LogP contribution in [0.2, 0.25) is 0 Å². The van der Waals surface area contributed by atoms with Crippen molar-refractivity contribution in [3.63, 3.8) is 0 Å². The third-order valence-electron chi connectivity index (χ3n) is 14.6. The van der Waals surface area contributed by atoms with Gasteiger partial charge < -0.3 is 30.3 Å². The molecule has 308 valence electrons. The van der Waals surface area contributed by atoms with Crippen molar-refractivity contribution in [3.8, 4) is 5.75 Å². The number of nitrogens with one attached hydrogen (secondary N) is 2. The number of ether oxygens (including phenoxy) is 1.